The van der Waals surface area contributed by atoms with E-state index in [4.69, 9.17) is 0 Å². The number of benzene rings is 1. The van der Waals surface area contributed by atoms with Gasteiger partial charge in [0.05, 0.1) is 0 Å². The van der Waals surface area contributed by atoms with E-state index in [0.29, 0.717) is 24.5 Å². The van der Waals surface area contributed by atoms with Crippen LogP contribution in [0.1, 0.15) is 29.6 Å². The second-order valence-corrected chi connectivity index (χ2v) is 5.90. The van der Waals surface area contributed by atoms with E-state index in [2.05, 4.69) is 20.6 Å². The molecule has 0 spiro atoms. The zero-order chi connectivity index (χ0) is 17.6. The molecular weight excluding hydrogens is 318 g/mol. The Hall–Kier alpha value is -2.96. The van der Waals surface area contributed by atoms with E-state index in [0.717, 1.165) is 18.5 Å². The molecule has 0 unspecified atom stereocenters. The molecule has 1 fully saturated rings. The standard InChI is InChI=1S/C18H21N5O2/c1-19-16(24)15-8-2-3-11-23(15)17(25)13-6-4-7-14(12-13)22-18-20-9-5-10-21-18/h4-7,9-10,12,15H,2-3,8,11H2,1H3,(H,19,24)(H,20,21,22)/t15-/m0/s1. The summed E-state index contributed by atoms with van der Waals surface area (Å²) >= 11 is 0. The van der Waals surface area contributed by atoms with Crippen molar-refractivity contribution in [1.29, 1.82) is 0 Å². The van der Waals surface area contributed by atoms with Gasteiger partial charge in [-0.3, -0.25) is 9.59 Å². The van der Waals surface area contributed by atoms with Crippen molar-refractivity contribution in [2.75, 3.05) is 18.9 Å². The Bertz CT molecular complexity index is 750. The molecule has 0 aliphatic carbocycles. The van der Waals surface area contributed by atoms with Crippen LogP contribution in [-0.2, 0) is 4.79 Å². The van der Waals surface area contributed by atoms with E-state index in [-0.39, 0.29) is 11.8 Å². The minimum Gasteiger partial charge on any atom is -0.357 e. The van der Waals surface area contributed by atoms with Crippen molar-refractivity contribution < 1.29 is 9.59 Å². The summed E-state index contributed by atoms with van der Waals surface area (Å²) in [5.41, 5.74) is 1.27. The highest BCUT2D eigenvalue weighted by Crippen LogP contribution is 2.22. The van der Waals surface area contributed by atoms with Crippen LogP contribution in [0.3, 0.4) is 0 Å². The number of carbonyl (C=O) groups is 2. The first-order valence-electron chi connectivity index (χ1n) is 8.35. The first-order valence-corrected chi connectivity index (χ1v) is 8.35. The van der Waals surface area contributed by atoms with Gasteiger partial charge in [0, 0.05) is 37.2 Å². The maximum atomic E-state index is 12.9. The largest absolute Gasteiger partial charge is 0.357 e. The van der Waals surface area contributed by atoms with Crippen molar-refractivity contribution in [2.24, 2.45) is 0 Å². The fraction of sp³-hybridized carbons (Fsp3) is 0.333. The van der Waals surface area contributed by atoms with Crippen molar-refractivity contribution in [3.05, 3.63) is 48.3 Å². The number of anilines is 2. The monoisotopic (exact) mass is 339 g/mol. The van der Waals surface area contributed by atoms with E-state index in [1.165, 1.54) is 0 Å². The van der Waals surface area contributed by atoms with E-state index >= 15 is 0 Å². The lowest BCUT2D eigenvalue weighted by Crippen LogP contribution is -2.51. The van der Waals surface area contributed by atoms with Crippen molar-refractivity contribution in [3.63, 3.8) is 0 Å². The number of hydrogen-bond donors (Lipinski definition) is 2. The lowest BCUT2D eigenvalue weighted by atomic mass is 10.00. The van der Waals surface area contributed by atoms with Gasteiger partial charge in [-0.25, -0.2) is 9.97 Å². The molecule has 25 heavy (non-hydrogen) atoms. The van der Waals surface area contributed by atoms with Crippen LogP contribution in [0.5, 0.6) is 0 Å². The maximum Gasteiger partial charge on any atom is 0.254 e. The molecule has 1 saturated heterocycles. The van der Waals surface area contributed by atoms with Crippen LogP contribution in [0.2, 0.25) is 0 Å². The molecule has 0 bridgehead atoms. The molecule has 2 heterocycles. The number of rotatable bonds is 4. The summed E-state index contributed by atoms with van der Waals surface area (Å²) in [5, 5.41) is 5.73. The normalized spacial score (nSPS) is 17.0. The topological polar surface area (TPSA) is 87.2 Å². The third-order valence-corrected chi connectivity index (χ3v) is 4.24. The van der Waals surface area contributed by atoms with Crippen molar-refractivity contribution in [3.8, 4) is 0 Å². The highest BCUT2D eigenvalue weighted by molar-refractivity contribution is 5.98. The fourth-order valence-electron chi connectivity index (χ4n) is 3.00. The molecule has 1 aliphatic heterocycles. The van der Waals surface area contributed by atoms with Gasteiger partial charge in [-0.05, 0) is 43.5 Å². The Balaban J connectivity index is 1.79. The zero-order valence-corrected chi connectivity index (χ0v) is 14.1. The molecule has 1 aliphatic rings. The number of carbonyl (C=O) groups excluding carboxylic acids is 2. The van der Waals surface area contributed by atoms with Crippen LogP contribution in [-0.4, -0.2) is 46.3 Å². The molecule has 130 valence electrons. The molecular formula is C18H21N5O2. The lowest BCUT2D eigenvalue weighted by Gasteiger charge is -2.34. The average molecular weight is 339 g/mol. The predicted molar refractivity (Wildman–Crippen MR) is 94.5 cm³/mol. The molecule has 1 atom stereocenters. The Morgan fingerprint density at radius 3 is 2.72 bits per heavy atom. The molecule has 1 aromatic heterocycles. The Morgan fingerprint density at radius 2 is 1.96 bits per heavy atom. The molecule has 2 aromatic rings. The molecule has 1 aromatic carbocycles. The number of aromatic nitrogens is 2. The summed E-state index contributed by atoms with van der Waals surface area (Å²) in [5.74, 6) is 0.222. The smallest absolute Gasteiger partial charge is 0.254 e. The van der Waals surface area contributed by atoms with Crippen molar-refractivity contribution >= 4 is 23.5 Å². The first-order chi connectivity index (χ1) is 12.2. The molecule has 2 N–H and O–H groups in total. The van der Waals surface area contributed by atoms with Gasteiger partial charge in [-0.2, -0.15) is 0 Å². The first kappa shape index (κ1) is 16.9. The zero-order valence-electron chi connectivity index (χ0n) is 14.1. The molecule has 7 heteroatoms. The van der Waals surface area contributed by atoms with Crippen LogP contribution >= 0.6 is 0 Å². The molecule has 7 nitrogen and oxygen atoms in total. The third-order valence-electron chi connectivity index (χ3n) is 4.24. The number of piperidine rings is 1. The molecule has 0 radical (unpaired) electrons. The summed E-state index contributed by atoms with van der Waals surface area (Å²) in [6.07, 6.45) is 5.85. The lowest BCUT2D eigenvalue weighted by molar-refractivity contribution is -0.126. The van der Waals surface area contributed by atoms with Gasteiger partial charge in [-0.1, -0.05) is 6.07 Å². The van der Waals surface area contributed by atoms with Crippen LogP contribution in [0.25, 0.3) is 0 Å². The SMILES string of the molecule is CNC(=O)[C@@H]1CCCCN1C(=O)c1cccc(Nc2ncccn2)c1. The van der Waals surface area contributed by atoms with Crippen molar-refractivity contribution in [1.82, 2.24) is 20.2 Å². The van der Waals surface area contributed by atoms with E-state index < -0.39 is 6.04 Å². The number of likely N-dealkylation sites (N-methyl/N-ethyl adjacent to an activating group) is 1. The summed E-state index contributed by atoms with van der Waals surface area (Å²) in [7, 11) is 1.60. The number of likely N-dealkylation sites (tertiary alicyclic amines) is 1. The summed E-state index contributed by atoms with van der Waals surface area (Å²) in [6.45, 7) is 0.594. The van der Waals surface area contributed by atoms with Gasteiger partial charge in [0.1, 0.15) is 6.04 Å². The quantitative estimate of drug-likeness (QED) is 0.889. The van der Waals surface area contributed by atoms with Crippen LogP contribution < -0.4 is 10.6 Å². The highest BCUT2D eigenvalue weighted by atomic mass is 16.2. The third kappa shape index (κ3) is 3.93. The van der Waals surface area contributed by atoms with Crippen LogP contribution in [0.15, 0.2) is 42.7 Å². The number of nitrogens with zero attached hydrogens (tertiary/aromatic N) is 3. The van der Waals surface area contributed by atoms with E-state index in [1.807, 2.05) is 6.07 Å². The van der Waals surface area contributed by atoms with E-state index in [1.54, 1.807) is 48.6 Å². The number of hydrogen-bond acceptors (Lipinski definition) is 5. The van der Waals surface area contributed by atoms with Gasteiger partial charge >= 0.3 is 0 Å². The second kappa shape index (κ2) is 7.74. The minimum absolute atomic E-state index is 0.111. The number of nitrogens with one attached hydrogen (secondary N) is 2. The second-order valence-electron chi connectivity index (χ2n) is 5.90. The predicted octanol–water partition coefficient (Wildman–Crippen LogP) is 1.96. The number of amides is 2. The highest BCUT2D eigenvalue weighted by Gasteiger charge is 2.32. The minimum atomic E-state index is -0.402. The maximum absolute atomic E-state index is 12.9. The van der Waals surface area contributed by atoms with Crippen LogP contribution in [0.4, 0.5) is 11.6 Å². The molecule has 0 saturated carbocycles. The van der Waals surface area contributed by atoms with E-state index in [9.17, 15) is 9.59 Å². The van der Waals surface area contributed by atoms with Crippen molar-refractivity contribution in [2.45, 2.75) is 25.3 Å². The molecule has 2 amide bonds. The summed E-state index contributed by atoms with van der Waals surface area (Å²) in [6, 6.07) is 8.50. The Morgan fingerprint density at radius 1 is 1.16 bits per heavy atom. The summed E-state index contributed by atoms with van der Waals surface area (Å²) in [4.78, 5) is 34.9. The molecule has 3 rings (SSSR count). The van der Waals surface area contributed by atoms with Gasteiger partial charge in [0.2, 0.25) is 11.9 Å². The Kier molecular flexibility index (Phi) is 5.23. The van der Waals surface area contributed by atoms with Gasteiger partial charge in [0.15, 0.2) is 0 Å². The summed E-state index contributed by atoms with van der Waals surface area (Å²) < 4.78 is 0. The van der Waals surface area contributed by atoms with Gasteiger partial charge in [0.25, 0.3) is 5.91 Å². The average Bonchev–Trinajstić information content (AvgIpc) is 2.68. The van der Waals surface area contributed by atoms with Crippen LogP contribution in [0, 0.1) is 0 Å². The fourth-order valence-corrected chi connectivity index (χ4v) is 3.00. The van der Waals surface area contributed by atoms with Gasteiger partial charge < -0.3 is 15.5 Å². The Labute approximate surface area is 146 Å². The van der Waals surface area contributed by atoms with Gasteiger partial charge in [-0.15, -0.1) is 0 Å².